The van der Waals surface area contributed by atoms with Crippen LogP contribution in [0.15, 0.2) is 30.3 Å². The Bertz CT molecular complexity index is 332. The quantitative estimate of drug-likeness (QED) is 0.482. The van der Waals surface area contributed by atoms with Crippen LogP contribution in [0.5, 0.6) is 0 Å². The summed E-state index contributed by atoms with van der Waals surface area (Å²) in [5.74, 6) is 0.0657. The molecular weight excluding hydrogens is 224 g/mol. The topological polar surface area (TPSA) is 26.3 Å². The van der Waals surface area contributed by atoms with Gasteiger partial charge in [0, 0.05) is 5.56 Å². The van der Waals surface area contributed by atoms with Gasteiger partial charge in [0.05, 0.1) is 6.10 Å². The molecule has 2 heteroatoms. The molecule has 0 radical (unpaired) electrons. The van der Waals surface area contributed by atoms with Crippen LogP contribution in [0.4, 0.5) is 0 Å². The van der Waals surface area contributed by atoms with E-state index in [4.69, 9.17) is 4.74 Å². The number of hydrogen-bond acceptors (Lipinski definition) is 2. The Hall–Kier alpha value is -1.15. The van der Waals surface area contributed by atoms with Gasteiger partial charge in [-0.25, -0.2) is 0 Å². The summed E-state index contributed by atoms with van der Waals surface area (Å²) in [5, 5.41) is 0. The van der Waals surface area contributed by atoms with Crippen molar-refractivity contribution in [3.8, 4) is 0 Å². The molecule has 1 atom stereocenters. The molecule has 0 aliphatic carbocycles. The van der Waals surface area contributed by atoms with E-state index in [1.54, 1.807) is 0 Å². The third-order valence-electron chi connectivity index (χ3n) is 3.06. The Balaban J connectivity index is 2.18. The lowest BCUT2D eigenvalue weighted by Gasteiger charge is -2.12. The molecule has 0 aromatic heterocycles. The summed E-state index contributed by atoms with van der Waals surface area (Å²) in [4.78, 5) is 11.8. The van der Waals surface area contributed by atoms with Crippen LogP contribution in [0.1, 0.15) is 56.3 Å². The number of ketones is 1. The zero-order valence-corrected chi connectivity index (χ0v) is 11.5. The highest BCUT2D eigenvalue weighted by atomic mass is 16.5. The molecule has 0 bridgehead atoms. The van der Waals surface area contributed by atoms with Crippen molar-refractivity contribution in [2.75, 3.05) is 6.61 Å². The van der Waals surface area contributed by atoms with Crippen molar-refractivity contribution < 1.29 is 9.53 Å². The Morgan fingerprint density at radius 1 is 1.17 bits per heavy atom. The van der Waals surface area contributed by atoms with E-state index < -0.39 is 0 Å². The van der Waals surface area contributed by atoms with Gasteiger partial charge in [-0.05, 0) is 13.3 Å². The summed E-state index contributed by atoms with van der Waals surface area (Å²) >= 11 is 0. The average Bonchev–Trinajstić information content (AvgIpc) is 2.42. The van der Waals surface area contributed by atoms with Gasteiger partial charge in [-0.1, -0.05) is 62.9 Å². The summed E-state index contributed by atoms with van der Waals surface area (Å²) < 4.78 is 5.59. The molecule has 0 spiro atoms. The van der Waals surface area contributed by atoms with E-state index in [0.717, 1.165) is 12.0 Å². The fraction of sp³-hybridized carbons (Fsp3) is 0.562. The lowest BCUT2D eigenvalue weighted by Crippen LogP contribution is -2.15. The van der Waals surface area contributed by atoms with Crippen LogP contribution in [-0.2, 0) is 4.74 Å². The molecular formula is C16H24O2. The fourth-order valence-electron chi connectivity index (χ4n) is 1.87. The molecule has 2 nitrogen and oxygen atoms in total. The molecule has 18 heavy (non-hydrogen) atoms. The van der Waals surface area contributed by atoms with Gasteiger partial charge in [0.1, 0.15) is 6.61 Å². The summed E-state index contributed by atoms with van der Waals surface area (Å²) in [6, 6.07) is 9.33. The molecule has 100 valence electrons. The van der Waals surface area contributed by atoms with Crippen LogP contribution in [0.2, 0.25) is 0 Å². The molecule has 1 unspecified atom stereocenters. The first kappa shape index (κ1) is 14.9. The number of rotatable bonds is 9. The van der Waals surface area contributed by atoms with E-state index in [1.165, 1.54) is 25.7 Å². The molecule has 0 aliphatic heterocycles. The van der Waals surface area contributed by atoms with Gasteiger partial charge >= 0.3 is 0 Å². The number of hydrogen-bond donors (Lipinski definition) is 0. The maximum absolute atomic E-state index is 11.8. The largest absolute Gasteiger partial charge is 0.370 e. The first-order valence-electron chi connectivity index (χ1n) is 6.94. The van der Waals surface area contributed by atoms with Crippen LogP contribution < -0.4 is 0 Å². The molecule has 0 saturated carbocycles. The molecule has 0 heterocycles. The van der Waals surface area contributed by atoms with E-state index in [1.807, 2.05) is 37.3 Å². The SMILES string of the molecule is CCCCCCC(C)OCC(=O)c1ccccc1. The number of Topliss-reactive ketones (excluding diaryl/α,β-unsaturated/α-hetero) is 1. The molecule has 0 aliphatic rings. The summed E-state index contributed by atoms with van der Waals surface area (Å²) in [5.41, 5.74) is 0.732. The van der Waals surface area contributed by atoms with Crippen molar-refractivity contribution in [3.63, 3.8) is 0 Å². The first-order chi connectivity index (χ1) is 8.74. The zero-order chi connectivity index (χ0) is 13.2. The maximum atomic E-state index is 11.8. The van der Waals surface area contributed by atoms with E-state index in [9.17, 15) is 4.79 Å². The third kappa shape index (κ3) is 5.97. The van der Waals surface area contributed by atoms with Gasteiger partial charge in [0.15, 0.2) is 5.78 Å². The van der Waals surface area contributed by atoms with Crippen LogP contribution >= 0.6 is 0 Å². The van der Waals surface area contributed by atoms with Gasteiger partial charge in [0.25, 0.3) is 0 Å². The molecule has 1 rings (SSSR count). The summed E-state index contributed by atoms with van der Waals surface area (Å²) in [6.45, 7) is 4.45. The second-order valence-corrected chi connectivity index (χ2v) is 4.76. The molecule has 1 aromatic rings. The molecule has 0 N–H and O–H groups in total. The second-order valence-electron chi connectivity index (χ2n) is 4.76. The van der Waals surface area contributed by atoms with Gasteiger partial charge in [-0.3, -0.25) is 4.79 Å². The number of unbranched alkanes of at least 4 members (excludes halogenated alkanes) is 3. The highest BCUT2D eigenvalue weighted by molar-refractivity contribution is 5.96. The van der Waals surface area contributed by atoms with Crippen molar-refractivity contribution in [1.82, 2.24) is 0 Å². The van der Waals surface area contributed by atoms with Crippen molar-refractivity contribution in [2.45, 2.75) is 52.1 Å². The monoisotopic (exact) mass is 248 g/mol. The minimum atomic E-state index is 0.0657. The normalized spacial score (nSPS) is 12.3. The van der Waals surface area contributed by atoms with E-state index in [2.05, 4.69) is 6.92 Å². The van der Waals surface area contributed by atoms with Gasteiger partial charge in [-0.15, -0.1) is 0 Å². The number of benzene rings is 1. The zero-order valence-electron chi connectivity index (χ0n) is 11.5. The molecule has 0 fully saturated rings. The Labute approximate surface area is 110 Å². The van der Waals surface area contributed by atoms with Crippen LogP contribution in [0, 0.1) is 0 Å². The number of carbonyl (C=O) groups is 1. The molecule has 0 amide bonds. The van der Waals surface area contributed by atoms with Crippen LogP contribution in [0.3, 0.4) is 0 Å². The third-order valence-corrected chi connectivity index (χ3v) is 3.06. The average molecular weight is 248 g/mol. The number of carbonyl (C=O) groups excluding carboxylic acids is 1. The van der Waals surface area contributed by atoms with Crippen molar-refractivity contribution in [1.29, 1.82) is 0 Å². The Kier molecular flexibility index (Phi) is 7.35. The van der Waals surface area contributed by atoms with E-state index >= 15 is 0 Å². The Morgan fingerprint density at radius 3 is 2.56 bits per heavy atom. The molecule has 1 aromatic carbocycles. The number of ether oxygens (including phenoxy) is 1. The lowest BCUT2D eigenvalue weighted by molar-refractivity contribution is 0.0483. The highest BCUT2D eigenvalue weighted by Crippen LogP contribution is 2.09. The van der Waals surface area contributed by atoms with E-state index in [0.29, 0.717) is 0 Å². The Morgan fingerprint density at radius 2 is 1.89 bits per heavy atom. The van der Waals surface area contributed by atoms with E-state index in [-0.39, 0.29) is 18.5 Å². The summed E-state index contributed by atoms with van der Waals surface area (Å²) in [6.07, 6.45) is 6.21. The fourth-order valence-corrected chi connectivity index (χ4v) is 1.87. The second kappa shape index (κ2) is 8.87. The van der Waals surface area contributed by atoms with Crippen LogP contribution in [0.25, 0.3) is 0 Å². The first-order valence-corrected chi connectivity index (χ1v) is 6.94. The maximum Gasteiger partial charge on any atom is 0.188 e. The predicted octanol–water partition coefficient (Wildman–Crippen LogP) is 4.24. The lowest BCUT2D eigenvalue weighted by atomic mass is 10.1. The minimum Gasteiger partial charge on any atom is -0.370 e. The van der Waals surface area contributed by atoms with Crippen LogP contribution in [-0.4, -0.2) is 18.5 Å². The standard InChI is InChI=1S/C16H24O2/c1-3-4-5-7-10-14(2)18-13-16(17)15-11-8-6-9-12-15/h6,8-9,11-12,14H,3-5,7,10,13H2,1-2H3. The van der Waals surface area contributed by atoms with Gasteiger partial charge < -0.3 is 4.74 Å². The van der Waals surface area contributed by atoms with Gasteiger partial charge in [0.2, 0.25) is 0 Å². The smallest absolute Gasteiger partial charge is 0.188 e. The predicted molar refractivity (Wildman–Crippen MR) is 74.9 cm³/mol. The minimum absolute atomic E-state index is 0.0657. The molecule has 0 saturated heterocycles. The van der Waals surface area contributed by atoms with Gasteiger partial charge in [-0.2, -0.15) is 0 Å². The van der Waals surface area contributed by atoms with Crippen molar-refractivity contribution >= 4 is 5.78 Å². The van der Waals surface area contributed by atoms with Crippen molar-refractivity contribution in [2.24, 2.45) is 0 Å². The van der Waals surface area contributed by atoms with Crippen molar-refractivity contribution in [3.05, 3.63) is 35.9 Å². The summed E-state index contributed by atoms with van der Waals surface area (Å²) in [7, 11) is 0. The highest BCUT2D eigenvalue weighted by Gasteiger charge is 2.08.